The average molecular weight is 562 g/mol. The first-order chi connectivity index (χ1) is 18.8. The van der Waals surface area contributed by atoms with Gasteiger partial charge in [-0.05, 0) is 0 Å². The molecule has 1 amide bonds. The van der Waals surface area contributed by atoms with Crippen molar-refractivity contribution >= 4 is 22.7 Å². The van der Waals surface area contributed by atoms with E-state index in [0.29, 0.717) is 6.54 Å². The van der Waals surface area contributed by atoms with Gasteiger partial charge in [0.1, 0.15) is 0 Å². The summed E-state index contributed by atoms with van der Waals surface area (Å²) in [5.41, 5.74) is 3.52. The molecule has 0 spiro atoms. The maximum absolute atomic E-state index is 13.1. The molecule has 0 fully saturated rings. The van der Waals surface area contributed by atoms with E-state index in [2.05, 4.69) is 66.7 Å². The Bertz CT molecular complexity index is 1220. The van der Waals surface area contributed by atoms with Gasteiger partial charge in [0.2, 0.25) is 0 Å². The van der Waals surface area contributed by atoms with Crippen molar-refractivity contribution in [2.45, 2.75) is 32.9 Å². The first-order valence-electron chi connectivity index (χ1n) is 11.1. The van der Waals surface area contributed by atoms with Crippen LogP contribution in [-0.2, 0) is 45.7 Å². The van der Waals surface area contributed by atoms with Crippen molar-refractivity contribution in [3.05, 3.63) is 134 Å². The standard InChI is InChI=1S/C27H27NO2.4CO.Cr/c1-27(2,3)30-26(29)28(20-23-14-8-5-9-15-23)21-25-17-11-10-16-24(25)19-18-22-12-6-4-7-13-22;4*1-2;/h4-19H,20H2,1-3H3;;;;;/b19-18+;;;;;. The Kier molecular flexibility index (Phi) is 21.0. The van der Waals surface area contributed by atoms with Crippen LogP contribution in [-0.4, -0.2) is 21.1 Å². The number of ether oxygens (including phenoxy) is 1. The molecule has 0 bridgehead atoms. The number of carbonyl (C=O) groups excluding carboxylic acids is 1. The molecule has 0 saturated carbocycles. The molecule has 0 atom stereocenters. The van der Waals surface area contributed by atoms with E-state index in [9.17, 15) is 4.79 Å². The molecular formula is C31H27CrNO6. The van der Waals surface area contributed by atoms with Crippen LogP contribution in [0.4, 0.5) is 4.79 Å². The summed E-state index contributed by atoms with van der Waals surface area (Å²) in [4.78, 5) is 14.8. The first-order valence-corrected chi connectivity index (χ1v) is 11.7. The Morgan fingerprint density at radius 2 is 1.23 bits per heavy atom. The summed E-state index contributed by atoms with van der Waals surface area (Å²) in [6.45, 7) is 24.0. The van der Waals surface area contributed by atoms with E-state index in [-0.39, 0.29) is 6.09 Å². The van der Waals surface area contributed by atoms with Gasteiger partial charge in [-0.15, -0.1) is 0 Å². The second-order valence-electron chi connectivity index (χ2n) is 8.19. The van der Waals surface area contributed by atoms with E-state index in [0.717, 1.165) is 26.8 Å². The van der Waals surface area contributed by atoms with Crippen LogP contribution in [0.3, 0.4) is 0 Å². The number of benzene rings is 3. The fourth-order valence-corrected chi connectivity index (χ4v) is 3.54. The monoisotopic (exact) mass is 561 g/mol. The first kappa shape index (κ1) is 37.2. The molecule has 0 aliphatic rings. The summed E-state index contributed by atoms with van der Waals surface area (Å²) < 4.78 is 36.4. The van der Waals surface area contributed by atoms with Crippen LogP contribution in [0.1, 0.15) is 43.0 Å². The van der Waals surface area contributed by atoms with E-state index >= 15 is 0 Å². The van der Waals surface area contributed by atoms with Crippen molar-refractivity contribution in [2.75, 3.05) is 0 Å². The van der Waals surface area contributed by atoms with Gasteiger partial charge < -0.3 is 0 Å². The minimum atomic E-state index is -0.584. The molecular weight excluding hydrogens is 534 g/mol. The van der Waals surface area contributed by atoms with E-state index in [1.807, 2.05) is 93.6 Å². The molecule has 0 saturated heterocycles. The van der Waals surface area contributed by atoms with E-state index in [4.69, 9.17) is 23.3 Å². The zero-order valence-electron chi connectivity index (χ0n) is 21.7. The Balaban J connectivity index is 0. The van der Waals surface area contributed by atoms with Crippen LogP contribution >= 0.6 is 0 Å². The van der Waals surface area contributed by atoms with Crippen LogP contribution in [0.15, 0.2) is 84.9 Å². The van der Waals surface area contributed by atoms with Crippen molar-refractivity contribution in [3.8, 4) is 0 Å². The minimum absolute atomic E-state index is 0.382. The molecule has 0 N–H and O–H groups in total. The quantitative estimate of drug-likeness (QED) is 0.204. The summed E-state index contributed by atoms with van der Waals surface area (Å²) in [5.74, 6) is 0. The Hall–Kier alpha value is -3.97. The summed E-state index contributed by atoms with van der Waals surface area (Å²) in [5, 5.41) is 0. The molecule has 0 unspecified atom stereocenters. The molecule has 198 valence electrons. The van der Waals surface area contributed by atoms with E-state index < -0.39 is 5.60 Å². The maximum atomic E-state index is 13.1. The molecule has 0 aromatic heterocycles. The molecule has 39 heavy (non-hydrogen) atoms. The van der Waals surface area contributed by atoms with Crippen LogP contribution in [0, 0.1) is 26.6 Å². The second-order valence-corrected chi connectivity index (χ2v) is 8.79. The zero-order valence-corrected chi connectivity index (χ0v) is 23.0. The number of carbonyl (C=O) groups is 1. The third-order valence-corrected chi connectivity index (χ3v) is 5.18. The summed E-state index contributed by atoms with van der Waals surface area (Å²) >= 11 is 3.13. The molecule has 0 heterocycles. The fraction of sp³-hybridized carbons (Fsp3) is 0.161. The molecule has 0 radical (unpaired) electrons. The molecule has 3 aromatic rings. The van der Waals surface area contributed by atoms with Crippen LogP contribution < -0.4 is 0 Å². The number of hydrogen-bond acceptors (Lipinski definition) is 2. The van der Waals surface area contributed by atoms with E-state index in [1.165, 1.54) is 0 Å². The number of nitrogens with zero attached hydrogens (tertiary/aromatic N) is 1. The predicted octanol–water partition coefficient (Wildman–Crippen LogP) is 6.17. The Labute approximate surface area is 238 Å². The average Bonchev–Trinajstić information content (AvgIpc) is 2.99. The van der Waals surface area contributed by atoms with E-state index in [1.54, 1.807) is 4.90 Å². The fourth-order valence-electron chi connectivity index (χ4n) is 3.03. The van der Waals surface area contributed by atoms with Crippen LogP contribution in [0.5, 0.6) is 0 Å². The number of rotatable bonds is 6. The third-order valence-electron chi connectivity index (χ3n) is 4.49. The topological polar surface area (TPSA) is 109 Å². The van der Waals surface area contributed by atoms with Crippen molar-refractivity contribution in [2.24, 2.45) is 0 Å². The molecule has 0 aliphatic carbocycles. The van der Waals surface area contributed by atoms with Gasteiger partial charge >= 0.3 is 238 Å². The van der Waals surface area contributed by atoms with Gasteiger partial charge in [0.05, 0.1) is 0 Å². The summed E-state index contributed by atoms with van der Waals surface area (Å²) in [6.07, 6.45) is 3.76. The van der Waals surface area contributed by atoms with Gasteiger partial charge in [-0.1, -0.05) is 0 Å². The Morgan fingerprint density at radius 1 is 0.769 bits per heavy atom. The molecule has 3 rings (SSSR count). The molecule has 7 nitrogen and oxygen atoms in total. The molecule has 8 heteroatoms. The van der Waals surface area contributed by atoms with Gasteiger partial charge in [0.25, 0.3) is 0 Å². The zero-order chi connectivity index (χ0) is 30.3. The van der Waals surface area contributed by atoms with Gasteiger partial charge in [-0.25, -0.2) is 0 Å². The van der Waals surface area contributed by atoms with Crippen molar-refractivity contribution < 1.29 is 44.0 Å². The Morgan fingerprint density at radius 3 is 1.74 bits per heavy atom. The van der Waals surface area contributed by atoms with Crippen LogP contribution in [0.2, 0.25) is 0 Å². The normalized spacial score (nSPS) is 9.21. The van der Waals surface area contributed by atoms with Gasteiger partial charge in [-0.3, -0.25) is 0 Å². The number of amides is 1. The number of hydrogen-bond donors (Lipinski definition) is 0. The van der Waals surface area contributed by atoms with Crippen LogP contribution in [0.25, 0.3) is 12.2 Å². The van der Waals surface area contributed by atoms with Crippen molar-refractivity contribution in [1.29, 1.82) is 0 Å². The SMILES string of the molecule is CC(C)(C)OC(=O)N(Cc1ccccc1)[C](=[Cr])c1ccccc1/C=C/c1ccccc1.[C-]#[O+].[C-]#[O+].[C-]#[O+].[C-]#[O+]. The summed E-state index contributed by atoms with van der Waals surface area (Å²) in [7, 11) is 0. The van der Waals surface area contributed by atoms with Crippen molar-refractivity contribution in [3.63, 3.8) is 0 Å². The van der Waals surface area contributed by atoms with Crippen molar-refractivity contribution in [1.82, 2.24) is 4.90 Å². The molecule has 3 aromatic carbocycles. The third kappa shape index (κ3) is 14.5. The second kappa shape index (κ2) is 22.1. The summed E-state index contributed by atoms with van der Waals surface area (Å²) in [6, 6.07) is 28.1. The van der Waals surface area contributed by atoms with Gasteiger partial charge in [0, 0.05) is 0 Å². The van der Waals surface area contributed by atoms with Gasteiger partial charge in [0.15, 0.2) is 0 Å². The molecule has 0 aliphatic heterocycles. The predicted molar refractivity (Wildman–Crippen MR) is 140 cm³/mol. The van der Waals surface area contributed by atoms with Gasteiger partial charge in [-0.2, -0.15) is 0 Å².